The normalized spacial score (nSPS) is 37.5. The average molecular weight is 182 g/mol. The lowest BCUT2D eigenvalue weighted by Crippen LogP contribution is -2.34. The number of carbonyl (C=O) groups is 1. The van der Waals surface area contributed by atoms with Crippen LogP contribution in [0, 0.1) is 11.8 Å². The van der Waals surface area contributed by atoms with Crippen LogP contribution >= 0.6 is 0 Å². The number of rotatable bonds is 3. The van der Waals surface area contributed by atoms with E-state index in [1.54, 1.807) is 0 Å². The summed E-state index contributed by atoms with van der Waals surface area (Å²) in [6, 6.07) is 0.498. The third-order valence-corrected chi connectivity index (χ3v) is 3.21. The van der Waals surface area contributed by atoms with E-state index in [0.29, 0.717) is 6.04 Å². The molecule has 0 aromatic rings. The van der Waals surface area contributed by atoms with Crippen molar-refractivity contribution in [1.82, 2.24) is 10.6 Å². The molecule has 3 nitrogen and oxygen atoms in total. The smallest absolute Gasteiger partial charge is 0.224 e. The molecule has 74 valence electrons. The van der Waals surface area contributed by atoms with E-state index in [2.05, 4.69) is 17.6 Å². The molecule has 2 rings (SSSR count). The number of hydrogen-bond donors (Lipinski definition) is 2. The first-order chi connectivity index (χ1) is 6.31. The highest BCUT2D eigenvalue weighted by Crippen LogP contribution is 2.33. The Balaban J connectivity index is 1.72. The Morgan fingerprint density at radius 2 is 2.46 bits per heavy atom. The van der Waals surface area contributed by atoms with Gasteiger partial charge in [-0.1, -0.05) is 13.3 Å². The molecule has 3 atom stereocenters. The fourth-order valence-electron chi connectivity index (χ4n) is 2.05. The maximum atomic E-state index is 11.6. The minimum absolute atomic E-state index is 0.234. The highest BCUT2D eigenvalue weighted by Gasteiger charge is 2.37. The summed E-state index contributed by atoms with van der Waals surface area (Å²) in [5, 5.41) is 6.33. The van der Waals surface area contributed by atoms with E-state index in [-0.39, 0.29) is 11.8 Å². The molecule has 1 heterocycles. The maximum Gasteiger partial charge on any atom is 0.224 e. The van der Waals surface area contributed by atoms with E-state index < -0.39 is 0 Å². The van der Waals surface area contributed by atoms with Crippen molar-refractivity contribution in [3.05, 3.63) is 0 Å². The van der Waals surface area contributed by atoms with E-state index in [1.165, 1.54) is 12.8 Å². The molecule has 2 unspecified atom stereocenters. The van der Waals surface area contributed by atoms with Crippen LogP contribution in [0.3, 0.4) is 0 Å². The molecular weight excluding hydrogens is 164 g/mol. The highest BCUT2D eigenvalue weighted by atomic mass is 16.2. The van der Waals surface area contributed by atoms with Crippen LogP contribution in [0.15, 0.2) is 0 Å². The van der Waals surface area contributed by atoms with Crippen molar-refractivity contribution in [1.29, 1.82) is 0 Å². The third-order valence-electron chi connectivity index (χ3n) is 3.21. The zero-order valence-corrected chi connectivity index (χ0v) is 8.18. The van der Waals surface area contributed by atoms with E-state index in [9.17, 15) is 4.79 Å². The number of carbonyl (C=O) groups excluding carboxylic acids is 1. The summed E-state index contributed by atoms with van der Waals surface area (Å²) >= 11 is 0. The monoisotopic (exact) mass is 182 g/mol. The average Bonchev–Trinajstić information content (AvgIpc) is 2.68. The lowest BCUT2D eigenvalue weighted by atomic mass is 10.1. The Labute approximate surface area is 79.3 Å². The summed E-state index contributed by atoms with van der Waals surface area (Å²) < 4.78 is 0. The molecule has 1 aliphatic heterocycles. The molecule has 1 aliphatic carbocycles. The van der Waals surface area contributed by atoms with Gasteiger partial charge in [0, 0.05) is 12.6 Å². The molecule has 0 aromatic carbocycles. The van der Waals surface area contributed by atoms with Crippen molar-refractivity contribution in [3.8, 4) is 0 Å². The Morgan fingerprint density at radius 3 is 3.00 bits per heavy atom. The quantitative estimate of drug-likeness (QED) is 0.667. The van der Waals surface area contributed by atoms with Crippen LogP contribution in [0.25, 0.3) is 0 Å². The molecule has 0 radical (unpaired) electrons. The van der Waals surface area contributed by atoms with Gasteiger partial charge in [0.2, 0.25) is 5.91 Å². The molecule has 0 aromatic heterocycles. The topological polar surface area (TPSA) is 41.1 Å². The molecule has 2 aliphatic rings. The first-order valence-corrected chi connectivity index (χ1v) is 5.32. The SMILES string of the molecule is CCC1CC1NC(=O)[C@H]1CCNC1. The maximum absolute atomic E-state index is 11.6. The minimum Gasteiger partial charge on any atom is -0.353 e. The van der Waals surface area contributed by atoms with E-state index in [4.69, 9.17) is 0 Å². The fraction of sp³-hybridized carbons (Fsp3) is 0.900. The summed E-state index contributed by atoms with van der Waals surface area (Å²) in [6.45, 7) is 4.06. The van der Waals surface area contributed by atoms with E-state index in [0.717, 1.165) is 25.4 Å². The largest absolute Gasteiger partial charge is 0.353 e. The van der Waals surface area contributed by atoms with Gasteiger partial charge < -0.3 is 10.6 Å². The summed E-state index contributed by atoms with van der Waals surface area (Å²) in [7, 11) is 0. The zero-order valence-electron chi connectivity index (χ0n) is 8.18. The summed E-state index contributed by atoms with van der Waals surface area (Å²) in [4.78, 5) is 11.6. The lowest BCUT2D eigenvalue weighted by molar-refractivity contribution is -0.124. The van der Waals surface area contributed by atoms with Gasteiger partial charge in [0.25, 0.3) is 0 Å². The van der Waals surface area contributed by atoms with Gasteiger partial charge in [-0.3, -0.25) is 4.79 Å². The van der Waals surface area contributed by atoms with Crippen LogP contribution in [0.2, 0.25) is 0 Å². The van der Waals surface area contributed by atoms with Crippen molar-refractivity contribution >= 4 is 5.91 Å². The standard InChI is InChI=1S/C10H18N2O/c1-2-7-5-9(7)12-10(13)8-3-4-11-6-8/h7-9,11H,2-6H2,1H3,(H,12,13)/t7?,8-,9?/m0/s1. The second-order valence-corrected chi connectivity index (χ2v) is 4.21. The fourth-order valence-corrected chi connectivity index (χ4v) is 2.05. The van der Waals surface area contributed by atoms with Gasteiger partial charge in [0.05, 0.1) is 5.92 Å². The summed E-state index contributed by atoms with van der Waals surface area (Å²) in [5.41, 5.74) is 0. The zero-order chi connectivity index (χ0) is 9.26. The van der Waals surface area contributed by atoms with Crippen LogP contribution in [0.1, 0.15) is 26.2 Å². The lowest BCUT2D eigenvalue weighted by Gasteiger charge is -2.08. The number of amides is 1. The molecule has 2 fully saturated rings. The van der Waals surface area contributed by atoms with Gasteiger partial charge in [-0.15, -0.1) is 0 Å². The third kappa shape index (κ3) is 2.02. The van der Waals surface area contributed by atoms with Crippen LogP contribution in [-0.2, 0) is 4.79 Å². The van der Waals surface area contributed by atoms with Crippen LogP contribution in [0.4, 0.5) is 0 Å². The van der Waals surface area contributed by atoms with Gasteiger partial charge >= 0.3 is 0 Å². The Morgan fingerprint density at radius 1 is 1.62 bits per heavy atom. The molecular formula is C10H18N2O. The van der Waals surface area contributed by atoms with Crippen molar-refractivity contribution in [2.45, 2.75) is 32.2 Å². The van der Waals surface area contributed by atoms with Crippen LogP contribution in [0.5, 0.6) is 0 Å². The van der Waals surface area contributed by atoms with E-state index >= 15 is 0 Å². The van der Waals surface area contributed by atoms with Gasteiger partial charge in [0.1, 0.15) is 0 Å². The van der Waals surface area contributed by atoms with Gasteiger partial charge in [-0.05, 0) is 25.3 Å². The first-order valence-electron chi connectivity index (χ1n) is 5.32. The van der Waals surface area contributed by atoms with Gasteiger partial charge in [0.15, 0.2) is 0 Å². The first kappa shape index (κ1) is 9.00. The van der Waals surface area contributed by atoms with Crippen molar-refractivity contribution < 1.29 is 4.79 Å². The van der Waals surface area contributed by atoms with Crippen molar-refractivity contribution in [3.63, 3.8) is 0 Å². The predicted molar refractivity (Wildman–Crippen MR) is 51.3 cm³/mol. The summed E-state index contributed by atoms with van der Waals surface area (Å²) in [5.74, 6) is 1.27. The Hall–Kier alpha value is -0.570. The minimum atomic E-state index is 0.234. The molecule has 2 N–H and O–H groups in total. The summed E-state index contributed by atoms with van der Waals surface area (Å²) in [6.07, 6.45) is 3.41. The molecule has 13 heavy (non-hydrogen) atoms. The second kappa shape index (κ2) is 3.66. The molecule has 3 heteroatoms. The Bertz CT molecular complexity index is 199. The van der Waals surface area contributed by atoms with Crippen LogP contribution < -0.4 is 10.6 Å². The number of hydrogen-bond acceptors (Lipinski definition) is 2. The predicted octanol–water partition coefficient (Wildman–Crippen LogP) is 0.511. The van der Waals surface area contributed by atoms with E-state index in [1.807, 2.05) is 0 Å². The van der Waals surface area contributed by atoms with Crippen molar-refractivity contribution in [2.24, 2.45) is 11.8 Å². The Kier molecular flexibility index (Phi) is 2.54. The van der Waals surface area contributed by atoms with Gasteiger partial charge in [-0.25, -0.2) is 0 Å². The molecule has 0 bridgehead atoms. The molecule has 1 saturated heterocycles. The molecule has 0 spiro atoms. The molecule has 1 saturated carbocycles. The second-order valence-electron chi connectivity index (χ2n) is 4.21. The van der Waals surface area contributed by atoms with Gasteiger partial charge in [-0.2, -0.15) is 0 Å². The number of nitrogens with one attached hydrogen (secondary N) is 2. The van der Waals surface area contributed by atoms with Crippen molar-refractivity contribution in [2.75, 3.05) is 13.1 Å². The molecule has 1 amide bonds. The highest BCUT2D eigenvalue weighted by molar-refractivity contribution is 5.79. The van der Waals surface area contributed by atoms with Crippen LogP contribution in [-0.4, -0.2) is 25.0 Å².